The van der Waals surface area contributed by atoms with E-state index >= 15 is 0 Å². The van der Waals surface area contributed by atoms with Crippen LogP contribution in [0.15, 0.2) is 12.1 Å². The number of hydrogen-bond donors (Lipinski definition) is 1. The first-order valence-electron chi connectivity index (χ1n) is 7.81. The Hall–Kier alpha value is -1.20. The molecule has 2 heterocycles. The van der Waals surface area contributed by atoms with Crippen LogP contribution >= 0.6 is 0 Å². The molecule has 0 bridgehead atoms. The van der Waals surface area contributed by atoms with Crippen LogP contribution in [0, 0.1) is 17.6 Å². The third-order valence-electron chi connectivity index (χ3n) is 4.68. The second-order valence-electron chi connectivity index (χ2n) is 6.90. The topological polar surface area (TPSA) is 38.7 Å². The van der Waals surface area contributed by atoms with Crippen molar-refractivity contribution < 1.29 is 23.4 Å². The van der Waals surface area contributed by atoms with E-state index in [1.807, 2.05) is 0 Å². The molecule has 1 fully saturated rings. The fourth-order valence-electron chi connectivity index (χ4n) is 3.54. The second kappa shape index (κ2) is 5.78. The van der Waals surface area contributed by atoms with E-state index in [0.29, 0.717) is 38.0 Å². The Balaban J connectivity index is 1.84. The zero-order valence-electron chi connectivity index (χ0n) is 12.9. The molecule has 2 unspecified atom stereocenters. The summed E-state index contributed by atoms with van der Waals surface area (Å²) in [7, 11) is 0. The van der Waals surface area contributed by atoms with E-state index in [9.17, 15) is 13.9 Å². The van der Waals surface area contributed by atoms with Gasteiger partial charge in [0, 0.05) is 24.0 Å². The van der Waals surface area contributed by atoms with Crippen molar-refractivity contribution in [3.8, 4) is 5.75 Å². The van der Waals surface area contributed by atoms with Crippen LogP contribution in [-0.4, -0.2) is 30.0 Å². The van der Waals surface area contributed by atoms with E-state index in [2.05, 4.69) is 0 Å². The van der Waals surface area contributed by atoms with Gasteiger partial charge in [0.25, 0.3) is 0 Å². The number of aliphatic hydroxyl groups is 1. The number of hydrogen-bond acceptors (Lipinski definition) is 3. The van der Waals surface area contributed by atoms with Gasteiger partial charge in [-0.1, -0.05) is 0 Å². The molecule has 0 radical (unpaired) electrons. The Morgan fingerprint density at radius 2 is 2.00 bits per heavy atom. The summed E-state index contributed by atoms with van der Waals surface area (Å²) in [6.45, 7) is 4.37. The number of ether oxygens (including phenoxy) is 2. The molecule has 1 saturated heterocycles. The maximum absolute atomic E-state index is 14.2. The van der Waals surface area contributed by atoms with Gasteiger partial charge in [-0.3, -0.25) is 0 Å². The molecule has 3 atom stereocenters. The highest BCUT2D eigenvalue weighted by Crippen LogP contribution is 2.46. The molecule has 1 N–H and O–H groups in total. The molecule has 2 aliphatic rings. The average Bonchev–Trinajstić information content (AvgIpc) is 2.47. The molecule has 3 nitrogen and oxygen atoms in total. The van der Waals surface area contributed by atoms with Crippen molar-refractivity contribution >= 4 is 0 Å². The predicted octanol–water partition coefficient (Wildman–Crippen LogP) is 3.40. The van der Waals surface area contributed by atoms with Gasteiger partial charge in [0.2, 0.25) is 0 Å². The van der Waals surface area contributed by atoms with Crippen LogP contribution in [0.4, 0.5) is 8.78 Å². The number of fused-ring (bicyclic) bond motifs is 3. The van der Waals surface area contributed by atoms with Crippen LogP contribution in [0.2, 0.25) is 0 Å². The van der Waals surface area contributed by atoms with E-state index < -0.39 is 17.2 Å². The minimum atomic E-state index is -0.763. The van der Waals surface area contributed by atoms with E-state index in [-0.39, 0.29) is 23.7 Å². The molecule has 122 valence electrons. The highest BCUT2D eigenvalue weighted by molar-refractivity contribution is 5.41. The summed E-state index contributed by atoms with van der Waals surface area (Å²) in [5.74, 6) is -0.937. The first-order valence-corrected chi connectivity index (χ1v) is 7.81. The standard InChI is InChI=1S/C17H22F2O3/c1-17(2,20)7-5-14-11-9-22-16-13(19)4-3-12(18)15(16)10(11)6-8-21-14/h3-4,10-11,14,20H,5-9H2,1-2H3/t10?,11?,14-/m0/s1. The summed E-state index contributed by atoms with van der Waals surface area (Å²) >= 11 is 0. The van der Waals surface area contributed by atoms with E-state index in [1.54, 1.807) is 13.8 Å². The Kier molecular flexibility index (Phi) is 4.12. The molecule has 0 amide bonds. The third kappa shape index (κ3) is 2.97. The normalized spacial score (nSPS) is 27.8. The SMILES string of the molecule is CC(C)(O)CC[C@@H]1OCCC2c3c(F)ccc(F)c3OCC21. The number of halogens is 2. The minimum Gasteiger partial charge on any atom is -0.490 e. The van der Waals surface area contributed by atoms with Crippen LogP contribution in [0.3, 0.4) is 0 Å². The lowest BCUT2D eigenvalue weighted by molar-refractivity contribution is -0.0735. The van der Waals surface area contributed by atoms with Gasteiger partial charge in [-0.15, -0.1) is 0 Å². The molecule has 22 heavy (non-hydrogen) atoms. The summed E-state index contributed by atoms with van der Waals surface area (Å²) in [5, 5.41) is 9.89. The minimum absolute atomic E-state index is 0.0000926. The molecular formula is C17H22F2O3. The monoisotopic (exact) mass is 312 g/mol. The summed E-state index contributed by atoms with van der Waals surface area (Å²) in [6.07, 6.45) is 1.85. The zero-order valence-corrected chi connectivity index (χ0v) is 12.9. The van der Waals surface area contributed by atoms with Crippen molar-refractivity contribution in [2.45, 2.75) is 50.7 Å². The van der Waals surface area contributed by atoms with Gasteiger partial charge in [-0.2, -0.15) is 0 Å². The molecule has 0 aliphatic carbocycles. The van der Waals surface area contributed by atoms with E-state index in [0.717, 1.165) is 6.07 Å². The number of rotatable bonds is 3. The van der Waals surface area contributed by atoms with Gasteiger partial charge < -0.3 is 14.6 Å². The maximum atomic E-state index is 14.2. The highest BCUT2D eigenvalue weighted by Gasteiger charge is 2.42. The molecule has 0 saturated carbocycles. The summed E-state index contributed by atoms with van der Waals surface area (Å²) < 4.78 is 39.4. The lowest BCUT2D eigenvalue weighted by Gasteiger charge is -2.42. The van der Waals surface area contributed by atoms with Crippen molar-refractivity contribution in [2.75, 3.05) is 13.2 Å². The quantitative estimate of drug-likeness (QED) is 0.930. The van der Waals surface area contributed by atoms with E-state index in [4.69, 9.17) is 9.47 Å². The first kappa shape index (κ1) is 15.7. The van der Waals surface area contributed by atoms with Crippen molar-refractivity contribution in [3.05, 3.63) is 29.3 Å². The van der Waals surface area contributed by atoms with Crippen LogP contribution in [0.25, 0.3) is 0 Å². The van der Waals surface area contributed by atoms with Crippen LogP contribution < -0.4 is 4.74 Å². The Morgan fingerprint density at radius 3 is 2.73 bits per heavy atom. The average molecular weight is 312 g/mol. The Labute approximate surface area is 129 Å². The first-order chi connectivity index (χ1) is 10.4. The molecule has 0 aromatic heterocycles. The van der Waals surface area contributed by atoms with Crippen molar-refractivity contribution in [1.82, 2.24) is 0 Å². The molecule has 5 heteroatoms. The fraction of sp³-hybridized carbons (Fsp3) is 0.647. The molecule has 2 aliphatic heterocycles. The Bertz CT molecular complexity index is 554. The lowest BCUT2D eigenvalue weighted by atomic mass is 9.75. The van der Waals surface area contributed by atoms with Crippen LogP contribution in [0.5, 0.6) is 5.75 Å². The fourth-order valence-corrected chi connectivity index (χ4v) is 3.54. The molecule has 1 aromatic carbocycles. The van der Waals surface area contributed by atoms with Gasteiger partial charge in [-0.25, -0.2) is 8.78 Å². The molecular weight excluding hydrogens is 290 g/mol. The van der Waals surface area contributed by atoms with Crippen LogP contribution in [-0.2, 0) is 4.74 Å². The predicted molar refractivity (Wildman–Crippen MR) is 78.0 cm³/mol. The van der Waals surface area contributed by atoms with Gasteiger partial charge in [0.15, 0.2) is 11.6 Å². The van der Waals surface area contributed by atoms with Crippen molar-refractivity contribution in [1.29, 1.82) is 0 Å². The smallest absolute Gasteiger partial charge is 0.165 e. The number of benzene rings is 1. The largest absolute Gasteiger partial charge is 0.490 e. The summed E-state index contributed by atoms with van der Waals surface area (Å²) in [5.41, 5.74) is -0.408. The van der Waals surface area contributed by atoms with Gasteiger partial charge >= 0.3 is 0 Å². The Morgan fingerprint density at radius 1 is 1.27 bits per heavy atom. The molecule has 1 aromatic rings. The summed E-state index contributed by atoms with van der Waals surface area (Å²) in [4.78, 5) is 0. The van der Waals surface area contributed by atoms with E-state index in [1.165, 1.54) is 6.07 Å². The van der Waals surface area contributed by atoms with Gasteiger partial charge in [-0.05, 0) is 45.2 Å². The van der Waals surface area contributed by atoms with Crippen LogP contribution in [0.1, 0.15) is 44.6 Å². The highest BCUT2D eigenvalue weighted by atomic mass is 19.1. The molecule has 0 spiro atoms. The third-order valence-corrected chi connectivity index (χ3v) is 4.68. The zero-order chi connectivity index (χ0) is 15.9. The van der Waals surface area contributed by atoms with Crippen molar-refractivity contribution in [2.24, 2.45) is 5.92 Å². The summed E-state index contributed by atoms with van der Waals surface area (Å²) in [6, 6.07) is 2.28. The lowest BCUT2D eigenvalue weighted by Crippen LogP contribution is -2.42. The molecule has 3 rings (SSSR count). The van der Waals surface area contributed by atoms with Gasteiger partial charge in [0.1, 0.15) is 5.82 Å². The maximum Gasteiger partial charge on any atom is 0.165 e. The second-order valence-corrected chi connectivity index (χ2v) is 6.90. The van der Waals surface area contributed by atoms with Crippen molar-refractivity contribution in [3.63, 3.8) is 0 Å². The van der Waals surface area contributed by atoms with Gasteiger partial charge in [0.05, 0.1) is 18.3 Å².